The molecule has 168 valence electrons. The molecule has 4 heterocycles. The van der Waals surface area contributed by atoms with Gasteiger partial charge in [0.05, 0.1) is 18.1 Å². The molecule has 0 unspecified atom stereocenters. The maximum Gasteiger partial charge on any atom is 0.338 e. The summed E-state index contributed by atoms with van der Waals surface area (Å²) < 4.78 is 10.2. The zero-order valence-electron chi connectivity index (χ0n) is 18.6. The molecule has 0 radical (unpaired) electrons. The molecule has 2 saturated heterocycles. The minimum Gasteiger partial charge on any atom is -0.480 e. The summed E-state index contributed by atoms with van der Waals surface area (Å²) in [5.74, 6) is 1.01. The number of nitrogens with zero attached hydrogens (tertiary/aromatic N) is 4. The summed E-state index contributed by atoms with van der Waals surface area (Å²) in [7, 11) is 1.55. The second-order valence-corrected chi connectivity index (χ2v) is 8.96. The molecule has 2 aromatic rings. The fraction of sp³-hybridized carbons (Fsp3) is 0.500. The van der Waals surface area contributed by atoms with E-state index in [0.29, 0.717) is 30.4 Å². The van der Waals surface area contributed by atoms with Crippen molar-refractivity contribution in [3.05, 3.63) is 46.5 Å². The first-order valence-corrected chi connectivity index (χ1v) is 11.2. The van der Waals surface area contributed by atoms with E-state index in [1.165, 1.54) is 11.1 Å². The number of hydrogen-bond acceptors (Lipinski definition) is 7. The number of benzene rings is 1. The number of ether oxygens (including phenoxy) is 2. The van der Waals surface area contributed by atoms with Crippen molar-refractivity contribution < 1.29 is 19.1 Å². The highest BCUT2D eigenvalue weighted by molar-refractivity contribution is 5.99. The van der Waals surface area contributed by atoms with E-state index in [9.17, 15) is 9.59 Å². The average Bonchev–Trinajstić information content (AvgIpc) is 3.35. The normalized spacial score (nSPS) is 20.0. The van der Waals surface area contributed by atoms with Crippen LogP contribution in [0.3, 0.4) is 0 Å². The molecule has 1 amide bonds. The molecule has 8 nitrogen and oxygen atoms in total. The first-order chi connectivity index (χ1) is 15.5. The Balaban J connectivity index is 1.18. The molecule has 2 fully saturated rings. The van der Waals surface area contributed by atoms with E-state index in [4.69, 9.17) is 9.47 Å². The van der Waals surface area contributed by atoms with Gasteiger partial charge in [-0.25, -0.2) is 4.79 Å². The van der Waals surface area contributed by atoms with E-state index in [-0.39, 0.29) is 17.3 Å². The van der Waals surface area contributed by atoms with Crippen LogP contribution >= 0.6 is 0 Å². The molecule has 0 saturated carbocycles. The third kappa shape index (κ3) is 3.52. The van der Waals surface area contributed by atoms with Crippen LogP contribution in [0, 0.1) is 12.3 Å². The van der Waals surface area contributed by atoms with Crippen LogP contribution in [0.2, 0.25) is 0 Å². The van der Waals surface area contributed by atoms with E-state index >= 15 is 0 Å². The zero-order chi connectivity index (χ0) is 22.3. The van der Waals surface area contributed by atoms with Crippen LogP contribution in [0.1, 0.15) is 46.3 Å². The van der Waals surface area contributed by atoms with Crippen LogP contribution in [-0.2, 0) is 22.6 Å². The number of methoxy groups -OCH3 is 1. The SMILES string of the molecule is COc1ccc(N2CCC3(CCN(CCc4ccc5c(c4C)COC5=O)CC3)C2=O)nn1. The van der Waals surface area contributed by atoms with E-state index in [2.05, 4.69) is 28.1 Å². The van der Waals surface area contributed by atoms with Crippen LogP contribution in [0.25, 0.3) is 0 Å². The minimum atomic E-state index is -0.278. The van der Waals surface area contributed by atoms with Crippen LogP contribution in [-0.4, -0.2) is 60.3 Å². The molecular formula is C24H28N4O4. The predicted octanol–water partition coefficient (Wildman–Crippen LogP) is 2.53. The number of carbonyl (C=O) groups is 2. The Morgan fingerprint density at radius 1 is 1.06 bits per heavy atom. The molecule has 3 aliphatic rings. The second kappa shape index (κ2) is 8.16. The monoisotopic (exact) mass is 436 g/mol. The van der Waals surface area contributed by atoms with Crippen molar-refractivity contribution in [2.75, 3.05) is 38.2 Å². The summed E-state index contributed by atoms with van der Waals surface area (Å²) in [5, 5.41) is 8.17. The Kier molecular flexibility index (Phi) is 5.33. The fourth-order valence-corrected chi connectivity index (χ4v) is 5.22. The van der Waals surface area contributed by atoms with Crippen LogP contribution in [0.5, 0.6) is 5.88 Å². The third-order valence-electron chi connectivity index (χ3n) is 7.41. The lowest BCUT2D eigenvalue weighted by Gasteiger charge is -2.38. The molecule has 0 atom stereocenters. The molecule has 5 rings (SSSR count). The quantitative estimate of drug-likeness (QED) is 0.666. The van der Waals surface area contributed by atoms with Crippen molar-refractivity contribution in [1.82, 2.24) is 15.1 Å². The van der Waals surface area contributed by atoms with E-state index in [1.54, 1.807) is 24.1 Å². The number of cyclic esters (lactones) is 1. The Morgan fingerprint density at radius 3 is 2.56 bits per heavy atom. The maximum absolute atomic E-state index is 13.3. The van der Waals surface area contributed by atoms with Crippen LogP contribution in [0.4, 0.5) is 5.82 Å². The molecule has 8 heteroatoms. The molecule has 1 aromatic carbocycles. The van der Waals surface area contributed by atoms with Crippen molar-refractivity contribution in [1.29, 1.82) is 0 Å². The van der Waals surface area contributed by atoms with E-state index in [0.717, 1.165) is 50.9 Å². The molecule has 0 bridgehead atoms. The van der Waals surface area contributed by atoms with Crippen molar-refractivity contribution in [2.24, 2.45) is 5.41 Å². The summed E-state index contributed by atoms with van der Waals surface area (Å²) in [6, 6.07) is 7.49. The summed E-state index contributed by atoms with van der Waals surface area (Å²) in [6.45, 7) is 5.94. The van der Waals surface area contributed by atoms with Gasteiger partial charge in [-0.1, -0.05) is 6.07 Å². The third-order valence-corrected chi connectivity index (χ3v) is 7.41. The van der Waals surface area contributed by atoms with Crippen molar-refractivity contribution in [3.63, 3.8) is 0 Å². The predicted molar refractivity (Wildman–Crippen MR) is 118 cm³/mol. The van der Waals surface area contributed by atoms with Gasteiger partial charge in [-0.05, 0) is 69.0 Å². The Hall–Kier alpha value is -3.00. The van der Waals surface area contributed by atoms with Crippen molar-refractivity contribution in [3.8, 4) is 5.88 Å². The van der Waals surface area contributed by atoms with Gasteiger partial charge in [0.15, 0.2) is 5.82 Å². The lowest BCUT2D eigenvalue weighted by Crippen LogP contribution is -2.45. The lowest BCUT2D eigenvalue weighted by molar-refractivity contribution is -0.128. The number of fused-ring (bicyclic) bond motifs is 1. The lowest BCUT2D eigenvalue weighted by atomic mass is 9.77. The maximum atomic E-state index is 13.3. The molecule has 0 aliphatic carbocycles. The minimum absolute atomic E-state index is 0.177. The molecule has 1 spiro atoms. The smallest absolute Gasteiger partial charge is 0.338 e. The molecule has 0 N–H and O–H groups in total. The number of carbonyl (C=O) groups excluding carboxylic acids is 2. The number of likely N-dealkylation sites (tertiary alicyclic amines) is 1. The first-order valence-electron chi connectivity index (χ1n) is 11.2. The van der Waals surface area contributed by atoms with Gasteiger partial charge >= 0.3 is 5.97 Å². The van der Waals surface area contributed by atoms with Gasteiger partial charge in [-0.15, -0.1) is 10.2 Å². The van der Waals surface area contributed by atoms with Crippen LogP contribution < -0.4 is 9.64 Å². The van der Waals surface area contributed by atoms with Gasteiger partial charge < -0.3 is 14.4 Å². The van der Waals surface area contributed by atoms with Gasteiger partial charge in [-0.3, -0.25) is 9.69 Å². The Morgan fingerprint density at radius 2 is 1.84 bits per heavy atom. The fourth-order valence-electron chi connectivity index (χ4n) is 5.22. The van der Waals surface area contributed by atoms with Crippen molar-refractivity contribution >= 4 is 17.7 Å². The number of rotatable bonds is 5. The van der Waals surface area contributed by atoms with Gasteiger partial charge in [-0.2, -0.15) is 0 Å². The highest BCUT2D eigenvalue weighted by atomic mass is 16.5. The topological polar surface area (TPSA) is 84.9 Å². The number of piperidine rings is 1. The number of esters is 1. The van der Waals surface area contributed by atoms with Gasteiger partial charge in [0.25, 0.3) is 0 Å². The summed E-state index contributed by atoms with van der Waals surface area (Å²) >= 11 is 0. The molecule has 3 aliphatic heterocycles. The highest BCUT2D eigenvalue weighted by Crippen LogP contribution is 2.42. The first kappa shape index (κ1) is 20.9. The number of aromatic nitrogens is 2. The zero-order valence-corrected chi connectivity index (χ0v) is 18.6. The average molecular weight is 437 g/mol. The molecular weight excluding hydrogens is 408 g/mol. The van der Waals surface area contributed by atoms with Crippen LogP contribution in [0.15, 0.2) is 24.3 Å². The molecule has 1 aromatic heterocycles. The number of amides is 1. The Labute approximate surface area is 187 Å². The van der Waals surface area contributed by atoms with Crippen molar-refractivity contribution in [2.45, 2.75) is 39.2 Å². The highest BCUT2D eigenvalue weighted by Gasteiger charge is 2.48. The standard InChI is InChI=1S/C24H28N4O4/c1-16-17(3-4-18-19(16)15-32-22(18)29)7-11-27-12-8-24(9-13-27)10-14-28(23(24)30)20-5-6-21(31-2)26-25-20/h3-6H,7-15H2,1-2H3. The van der Waals surface area contributed by atoms with Gasteiger partial charge in [0, 0.05) is 24.7 Å². The number of hydrogen-bond donors (Lipinski definition) is 0. The Bertz CT molecular complexity index is 1040. The summed E-state index contributed by atoms with van der Waals surface area (Å²) in [5.41, 5.74) is 3.90. The van der Waals surface area contributed by atoms with Gasteiger partial charge in [0.2, 0.25) is 11.8 Å². The van der Waals surface area contributed by atoms with E-state index < -0.39 is 0 Å². The van der Waals surface area contributed by atoms with Gasteiger partial charge in [0.1, 0.15) is 6.61 Å². The summed E-state index contributed by atoms with van der Waals surface area (Å²) in [6.07, 6.45) is 3.54. The summed E-state index contributed by atoms with van der Waals surface area (Å²) in [4.78, 5) is 29.2. The second-order valence-electron chi connectivity index (χ2n) is 8.96. The van der Waals surface area contributed by atoms with E-state index in [1.807, 2.05) is 6.07 Å². The number of anilines is 1. The molecule has 32 heavy (non-hydrogen) atoms. The largest absolute Gasteiger partial charge is 0.480 e.